The summed E-state index contributed by atoms with van der Waals surface area (Å²) in [5.41, 5.74) is 2.90. The van der Waals surface area contributed by atoms with Gasteiger partial charge in [0, 0.05) is 6.61 Å². The lowest BCUT2D eigenvalue weighted by molar-refractivity contribution is 0.263. The summed E-state index contributed by atoms with van der Waals surface area (Å²) in [6, 6.07) is 0. The van der Waals surface area contributed by atoms with Crippen LogP contribution in [-0.2, 0) is 0 Å². The molecule has 1 heteroatoms. The second kappa shape index (κ2) is 8.58. The van der Waals surface area contributed by atoms with Gasteiger partial charge in [-0.2, -0.15) is 0 Å². The first kappa shape index (κ1) is 15.4. The second-order valence-corrected chi connectivity index (χ2v) is 5.27. The van der Waals surface area contributed by atoms with Gasteiger partial charge in [0.1, 0.15) is 0 Å². The molecule has 0 aromatic heterocycles. The molecule has 1 atom stereocenters. The van der Waals surface area contributed by atoms with E-state index in [0.717, 1.165) is 19.3 Å². The van der Waals surface area contributed by atoms with Crippen LogP contribution in [0.25, 0.3) is 0 Å². The Morgan fingerprint density at radius 2 is 1.75 bits per heavy atom. The Balaban J connectivity index is 4.30. The van der Waals surface area contributed by atoms with Gasteiger partial charge in [0.25, 0.3) is 0 Å². The van der Waals surface area contributed by atoms with Gasteiger partial charge in [-0.05, 0) is 44.9 Å². The summed E-state index contributed by atoms with van der Waals surface area (Å²) in [4.78, 5) is 0. The highest BCUT2D eigenvalue weighted by molar-refractivity contribution is 5.12. The van der Waals surface area contributed by atoms with E-state index in [0.29, 0.717) is 18.4 Å². The molecule has 0 unspecified atom stereocenters. The van der Waals surface area contributed by atoms with Gasteiger partial charge in [0.15, 0.2) is 0 Å². The minimum atomic E-state index is 0.306. The zero-order valence-corrected chi connectivity index (χ0v) is 11.6. The lowest BCUT2D eigenvalue weighted by Gasteiger charge is -2.12. The summed E-state index contributed by atoms with van der Waals surface area (Å²) in [6.07, 6.45) is 7.73. The van der Waals surface area contributed by atoms with E-state index in [1.54, 1.807) is 0 Å². The number of hydrogen-bond donors (Lipinski definition) is 1. The topological polar surface area (TPSA) is 20.2 Å². The first-order chi connectivity index (χ1) is 7.47. The molecule has 0 aliphatic carbocycles. The molecule has 0 fully saturated rings. The smallest absolute Gasteiger partial charge is 0.0433 e. The maximum absolute atomic E-state index is 8.86. The molecule has 0 aliphatic heterocycles. The molecule has 0 spiro atoms. The Hall–Kier alpha value is -0.560. The summed E-state index contributed by atoms with van der Waals surface area (Å²) in [5.74, 6) is 1.21. The fourth-order valence-corrected chi connectivity index (χ4v) is 1.57. The van der Waals surface area contributed by atoms with Gasteiger partial charge in [0.05, 0.1) is 0 Å². The number of hydrogen-bond acceptors (Lipinski definition) is 1. The highest BCUT2D eigenvalue weighted by atomic mass is 16.3. The fourth-order valence-electron chi connectivity index (χ4n) is 1.57. The Kier molecular flexibility index (Phi) is 8.28. The van der Waals surface area contributed by atoms with Gasteiger partial charge >= 0.3 is 0 Å². The molecule has 0 aliphatic rings. The molecule has 0 saturated heterocycles. The first-order valence-electron chi connectivity index (χ1n) is 6.40. The van der Waals surface area contributed by atoms with E-state index in [1.165, 1.54) is 11.1 Å². The first-order valence-corrected chi connectivity index (χ1v) is 6.40. The van der Waals surface area contributed by atoms with E-state index < -0.39 is 0 Å². The maximum atomic E-state index is 8.86. The van der Waals surface area contributed by atoms with E-state index in [4.69, 9.17) is 5.11 Å². The summed E-state index contributed by atoms with van der Waals surface area (Å²) in [5, 5.41) is 8.86. The average molecular weight is 224 g/mol. The van der Waals surface area contributed by atoms with Crippen molar-refractivity contribution in [3.05, 3.63) is 23.3 Å². The molecule has 0 saturated carbocycles. The van der Waals surface area contributed by atoms with Crippen LogP contribution in [0.3, 0.4) is 0 Å². The van der Waals surface area contributed by atoms with Crippen LogP contribution in [-0.4, -0.2) is 11.7 Å². The van der Waals surface area contributed by atoms with Crippen LogP contribution < -0.4 is 0 Å². The van der Waals surface area contributed by atoms with E-state index in [9.17, 15) is 0 Å². The molecule has 1 nitrogen and oxygen atoms in total. The molecule has 0 heterocycles. The molecule has 16 heavy (non-hydrogen) atoms. The van der Waals surface area contributed by atoms with E-state index in [1.807, 2.05) is 0 Å². The quantitative estimate of drug-likeness (QED) is 0.638. The van der Waals surface area contributed by atoms with Gasteiger partial charge in [-0.1, -0.05) is 44.1 Å². The van der Waals surface area contributed by atoms with Crippen molar-refractivity contribution in [2.75, 3.05) is 6.61 Å². The molecular formula is C15H28O. The molecule has 94 valence electrons. The monoisotopic (exact) mass is 224 g/mol. The lowest BCUT2D eigenvalue weighted by Crippen LogP contribution is -1.99. The lowest BCUT2D eigenvalue weighted by atomic mass is 9.94. The van der Waals surface area contributed by atoms with Crippen LogP contribution in [0, 0.1) is 11.8 Å². The third-order valence-corrected chi connectivity index (χ3v) is 2.89. The molecule has 0 bridgehead atoms. The molecule has 0 aromatic carbocycles. The van der Waals surface area contributed by atoms with Crippen molar-refractivity contribution in [2.45, 2.75) is 53.9 Å². The predicted octanol–water partition coefficient (Wildman–Crippen LogP) is 4.33. The molecule has 0 radical (unpaired) electrons. The summed E-state index contributed by atoms with van der Waals surface area (Å²) in [7, 11) is 0. The average Bonchev–Trinajstić information content (AvgIpc) is 2.17. The van der Waals surface area contributed by atoms with Crippen molar-refractivity contribution in [2.24, 2.45) is 11.8 Å². The summed E-state index contributed by atoms with van der Waals surface area (Å²) >= 11 is 0. The minimum Gasteiger partial charge on any atom is -0.396 e. The summed E-state index contributed by atoms with van der Waals surface area (Å²) < 4.78 is 0. The number of rotatable bonds is 7. The fraction of sp³-hybridized carbons (Fsp3) is 0.733. The van der Waals surface area contributed by atoms with Crippen molar-refractivity contribution in [3.8, 4) is 0 Å². The van der Waals surface area contributed by atoms with Gasteiger partial charge in [-0.15, -0.1) is 0 Å². The molecule has 0 aromatic rings. The number of aliphatic hydroxyl groups excluding tert-OH is 1. The zero-order valence-electron chi connectivity index (χ0n) is 11.6. The Morgan fingerprint density at radius 3 is 2.19 bits per heavy atom. The standard InChI is InChI=1S/C15H28O/c1-12(2)6-8-15(13(3)4)9-7-14(5)10-11-16/h6,9,13-14,16H,7-8,10-11H2,1-5H3/b15-9+/t14-/m0/s1. The van der Waals surface area contributed by atoms with Crippen LogP contribution in [0.5, 0.6) is 0 Å². The molecule has 0 amide bonds. The minimum absolute atomic E-state index is 0.306. The molecule has 0 rings (SSSR count). The van der Waals surface area contributed by atoms with Gasteiger partial charge < -0.3 is 5.11 Å². The van der Waals surface area contributed by atoms with E-state index >= 15 is 0 Å². The Labute approximate surface area is 101 Å². The SMILES string of the molecule is CC(C)=CC/C(=C\C[C@H](C)CCO)C(C)C. The van der Waals surface area contributed by atoms with Crippen molar-refractivity contribution < 1.29 is 5.11 Å². The van der Waals surface area contributed by atoms with Crippen LogP contribution in [0.1, 0.15) is 53.9 Å². The van der Waals surface area contributed by atoms with Crippen molar-refractivity contribution in [1.82, 2.24) is 0 Å². The predicted molar refractivity (Wildman–Crippen MR) is 72.5 cm³/mol. The summed E-state index contributed by atoms with van der Waals surface area (Å²) in [6.45, 7) is 11.3. The maximum Gasteiger partial charge on any atom is 0.0433 e. The molecular weight excluding hydrogens is 196 g/mol. The highest BCUT2D eigenvalue weighted by Gasteiger charge is 2.04. The Morgan fingerprint density at radius 1 is 1.12 bits per heavy atom. The van der Waals surface area contributed by atoms with Crippen LogP contribution in [0.4, 0.5) is 0 Å². The van der Waals surface area contributed by atoms with Gasteiger partial charge in [0.2, 0.25) is 0 Å². The van der Waals surface area contributed by atoms with E-state index in [2.05, 4.69) is 46.8 Å². The molecule has 1 N–H and O–H groups in total. The van der Waals surface area contributed by atoms with Gasteiger partial charge in [-0.25, -0.2) is 0 Å². The van der Waals surface area contributed by atoms with Crippen molar-refractivity contribution >= 4 is 0 Å². The van der Waals surface area contributed by atoms with Crippen molar-refractivity contribution in [3.63, 3.8) is 0 Å². The zero-order chi connectivity index (χ0) is 12.6. The highest BCUT2D eigenvalue weighted by Crippen LogP contribution is 2.19. The normalized spacial score (nSPS) is 14.1. The van der Waals surface area contributed by atoms with Crippen LogP contribution in [0.2, 0.25) is 0 Å². The van der Waals surface area contributed by atoms with Crippen molar-refractivity contribution in [1.29, 1.82) is 0 Å². The third-order valence-electron chi connectivity index (χ3n) is 2.89. The number of aliphatic hydroxyl groups is 1. The third kappa shape index (κ3) is 7.70. The Bertz CT molecular complexity index is 232. The van der Waals surface area contributed by atoms with E-state index in [-0.39, 0.29) is 0 Å². The largest absolute Gasteiger partial charge is 0.396 e. The van der Waals surface area contributed by atoms with Crippen LogP contribution in [0.15, 0.2) is 23.3 Å². The number of allylic oxidation sites excluding steroid dienone is 4. The van der Waals surface area contributed by atoms with Gasteiger partial charge in [-0.3, -0.25) is 0 Å². The second-order valence-electron chi connectivity index (χ2n) is 5.27. The van der Waals surface area contributed by atoms with Crippen LogP contribution >= 0.6 is 0 Å².